The second-order valence-corrected chi connectivity index (χ2v) is 5.45. The monoisotopic (exact) mass is 404 g/mol. The molecule has 0 aromatic heterocycles. The minimum absolute atomic E-state index is 0. The number of nitrogens with zero attached hydrogens (tertiary/aromatic N) is 2. The molecule has 0 saturated heterocycles. The van der Waals surface area contributed by atoms with E-state index in [2.05, 4.69) is 9.98 Å². The number of hydrogen-bond acceptors (Lipinski definition) is 5. The third-order valence-corrected chi connectivity index (χ3v) is 3.65. The van der Waals surface area contributed by atoms with Gasteiger partial charge in [-0.2, -0.15) is 0 Å². The third-order valence-electron chi connectivity index (χ3n) is 2.64. The molecule has 0 spiro atoms. The summed E-state index contributed by atoms with van der Waals surface area (Å²) in [6.07, 6.45) is 0. The highest BCUT2D eigenvalue weighted by atomic mass is 35.5. The van der Waals surface area contributed by atoms with Crippen LogP contribution in [0, 0.1) is 0 Å². The molecule has 25 heavy (non-hydrogen) atoms. The Bertz CT molecular complexity index is 649. The van der Waals surface area contributed by atoms with Gasteiger partial charge in [0.05, 0.1) is 11.4 Å². The highest BCUT2D eigenvalue weighted by molar-refractivity contribution is 7.99. The Balaban J connectivity index is 0.00000288. The second kappa shape index (κ2) is 11.4. The maximum Gasteiger partial charge on any atom is 0.218 e. The van der Waals surface area contributed by atoms with E-state index < -0.39 is 0 Å². The van der Waals surface area contributed by atoms with Gasteiger partial charge < -0.3 is 11.5 Å². The maximum absolute atomic E-state index is 8.59. The Hall–Kier alpha value is -2.17. The molecule has 0 atom stereocenters. The van der Waals surface area contributed by atoms with Crippen LogP contribution in [-0.4, -0.2) is 22.3 Å². The lowest BCUT2D eigenvalue weighted by Crippen LogP contribution is -2.27. The van der Waals surface area contributed by atoms with E-state index >= 15 is 0 Å². The highest BCUT2D eigenvalue weighted by Gasteiger charge is 1.99. The van der Waals surface area contributed by atoms with E-state index in [0.29, 0.717) is 11.4 Å². The van der Waals surface area contributed by atoms with Crippen molar-refractivity contribution in [3.05, 3.63) is 48.5 Å². The Morgan fingerprint density at radius 1 is 0.720 bits per heavy atom. The molecule has 0 radical (unpaired) electrons. The Kier molecular flexibility index (Phi) is 10.4. The number of hydroxylamine groups is 2. The van der Waals surface area contributed by atoms with Gasteiger partial charge in [-0.3, -0.25) is 10.4 Å². The average Bonchev–Trinajstić information content (AvgIpc) is 2.58. The Morgan fingerprint density at radius 3 is 1.32 bits per heavy atom. The number of benzene rings is 2. The molecule has 0 unspecified atom stereocenters. The molecule has 2 rings (SSSR count). The van der Waals surface area contributed by atoms with Gasteiger partial charge in [0.2, 0.25) is 11.9 Å². The van der Waals surface area contributed by atoms with Crippen molar-refractivity contribution in [1.82, 2.24) is 11.0 Å². The highest BCUT2D eigenvalue weighted by Crippen LogP contribution is 2.30. The van der Waals surface area contributed by atoms with Gasteiger partial charge in [0, 0.05) is 9.79 Å². The summed E-state index contributed by atoms with van der Waals surface area (Å²) in [6, 6.07) is 14.7. The lowest BCUT2D eigenvalue weighted by molar-refractivity contribution is 0.233. The number of nitrogens with one attached hydrogen (secondary N) is 2. The largest absolute Gasteiger partial charge is 0.368 e. The van der Waals surface area contributed by atoms with Crippen molar-refractivity contribution in [3.8, 4) is 0 Å². The normalized spacial score (nSPS) is 11.1. The van der Waals surface area contributed by atoms with E-state index in [1.54, 1.807) is 47.0 Å². The number of rotatable bonds is 4. The van der Waals surface area contributed by atoms with Crippen LogP contribution in [0.15, 0.2) is 68.3 Å². The van der Waals surface area contributed by atoms with E-state index in [-0.39, 0.29) is 36.7 Å². The molecule has 0 bridgehead atoms. The number of halogens is 2. The first-order valence-electron chi connectivity index (χ1n) is 6.47. The van der Waals surface area contributed by atoms with Crippen molar-refractivity contribution in [1.29, 1.82) is 0 Å². The van der Waals surface area contributed by atoms with Crippen LogP contribution in [-0.2, 0) is 0 Å². The summed E-state index contributed by atoms with van der Waals surface area (Å²) in [6.45, 7) is 0. The summed E-state index contributed by atoms with van der Waals surface area (Å²) >= 11 is 1.56. The molecule has 0 aliphatic heterocycles. The van der Waals surface area contributed by atoms with E-state index in [0.717, 1.165) is 9.79 Å². The first kappa shape index (κ1) is 22.8. The summed E-state index contributed by atoms with van der Waals surface area (Å²) in [5.41, 5.74) is 15.5. The molecule has 8 nitrogen and oxygen atoms in total. The van der Waals surface area contributed by atoms with Gasteiger partial charge in [0.25, 0.3) is 0 Å². The zero-order chi connectivity index (χ0) is 16.7. The lowest BCUT2D eigenvalue weighted by Gasteiger charge is -2.04. The van der Waals surface area contributed by atoms with Crippen LogP contribution in [0.1, 0.15) is 0 Å². The summed E-state index contributed by atoms with van der Waals surface area (Å²) in [4.78, 5) is 9.93. The van der Waals surface area contributed by atoms with E-state index in [4.69, 9.17) is 21.9 Å². The quantitative estimate of drug-likeness (QED) is 0.261. The number of aliphatic imine (C=N–C) groups is 2. The van der Waals surface area contributed by atoms with E-state index in [1.165, 1.54) is 0 Å². The summed E-state index contributed by atoms with van der Waals surface area (Å²) in [7, 11) is 0. The molecule has 0 aliphatic carbocycles. The topological polar surface area (TPSA) is 141 Å². The first-order chi connectivity index (χ1) is 11.1. The summed E-state index contributed by atoms with van der Waals surface area (Å²) < 4.78 is 0. The van der Waals surface area contributed by atoms with Crippen molar-refractivity contribution < 1.29 is 10.4 Å². The van der Waals surface area contributed by atoms with Gasteiger partial charge in [-0.15, -0.1) is 24.8 Å². The molecular formula is C14H18Cl2N6O2S. The first-order valence-corrected chi connectivity index (χ1v) is 7.29. The molecule has 11 heteroatoms. The molecular weight excluding hydrogens is 387 g/mol. The van der Waals surface area contributed by atoms with Gasteiger partial charge >= 0.3 is 0 Å². The standard InChI is InChI=1S/C14H16N6O2S.2ClH/c15-13(19-21)17-9-1-5-11(6-2-9)23-12-7-3-10(4-8-12)18-14(16)20-22;;/h1-8,21-22H,(H3,15,17,19)(H3,16,18,20);2*1H. The van der Waals surface area contributed by atoms with Crippen molar-refractivity contribution in [2.75, 3.05) is 0 Å². The number of hydrogen-bond donors (Lipinski definition) is 6. The summed E-state index contributed by atoms with van der Waals surface area (Å²) in [5.74, 6) is -0.142. The predicted molar refractivity (Wildman–Crippen MR) is 104 cm³/mol. The van der Waals surface area contributed by atoms with Gasteiger partial charge in [-0.25, -0.2) is 20.9 Å². The van der Waals surface area contributed by atoms with Gasteiger partial charge in [0.15, 0.2) is 0 Å². The SMILES string of the molecule is Cl.Cl.NC(=Nc1ccc(Sc2ccc(N=C(N)NO)cc2)cc1)NO. The summed E-state index contributed by atoms with van der Waals surface area (Å²) in [5, 5.41) is 17.2. The number of guanidine groups is 2. The van der Waals surface area contributed by atoms with Crippen molar-refractivity contribution in [2.24, 2.45) is 21.5 Å². The molecule has 0 fully saturated rings. The molecule has 0 heterocycles. The van der Waals surface area contributed by atoms with Crippen molar-refractivity contribution in [3.63, 3.8) is 0 Å². The Labute approximate surface area is 161 Å². The molecule has 0 aliphatic rings. The zero-order valence-corrected chi connectivity index (χ0v) is 15.2. The second-order valence-electron chi connectivity index (χ2n) is 4.31. The predicted octanol–water partition coefficient (Wildman–Crippen LogP) is 2.53. The van der Waals surface area contributed by atoms with Crippen molar-refractivity contribution >= 4 is 59.9 Å². The van der Waals surface area contributed by atoms with Crippen LogP contribution >= 0.6 is 36.6 Å². The molecule has 2 aromatic rings. The van der Waals surface area contributed by atoms with Gasteiger partial charge in [0.1, 0.15) is 0 Å². The molecule has 136 valence electrons. The smallest absolute Gasteiger partial charge is 0.218 e. The van der Waals surface area contributed by atoms with E-state index in [1.807, 2.05) is 24.3 Å². The third kappa shape index (κ3) is 7.50. The van der Waals surface area contributed by atoms with Gasteiger partial charge in [-0.1, -0.05) is 11.8 Å². The number of nitrogens with two attached hydrogens (primary N) is 2. The van der Waals surface area contributed by atoms with Crippen LogP contribution in [0.4, 0.5) is 11.4 Å². The minimum Gasteiger partial charge on any atom is -0.368 e. The van der Waals surface area contributed by atoms with Crippen LogP contribution in [0.5, 0.6) is 0 Å². The van der Waals surface area contributed by atoms with Crippen molar-refractivity contribution in [2.45, 2.75) is 9.79 Å². The van der Waals surface area contributed by atoms with E-state index in [9.17, 15) is 0 Å². The average molecular weight is 405 g/mol. The van der Waals surface area contributed by atoms with Crippen LogP contribution < -0.4 is 22.4 Å². The molecule has 8 N–H and O–H groups in total. The van der Waals surface area contributed by atoms with Crippen LogP contribution in [0.3, 0.4) is 0 Å². The lowest BCUT2D eigenvalue weighted by atomic mass is 10.3. The van der Waals surface area contributed by atoms with Crippen LogP contribution in [0.25, 0.3) is 0 Å². The molecule has 0 saturated carbocycles. The molecule has 0 amide bonds. The zero-order valence-electron chi connectivity index (χ0n) is 12.8. The fraction of sp³-hybridized carbons (Fsp3) is 0. The maximum atomic E-state index is 8.59. The fourth-order valence-electron chi connectivity index (χ4n) is 1.64. The minimum atomic E-state index is -0.0711. The molecule has 2 aromatic carbocycles. The van der Waals surface area contributed by atoms with Gasteiger partial charge in [-0.05, 0) is 48.5 Å². The fourth-order valence-corrected chi connectivity index (χ4v) is 2.46. The van der Waals surface area contributed by atoms with Crippen LogP contribution in [0.2, 0.25) is 0 Å². The Morgan fingerprint density at radius 2 is 1.04 bits per heavy atom.